The molecule has 0 bridgehead atoms. The number of barbiturate groups is 1. The van der Waals surface area contributed by atoms with Crippen LogP contribution < -0.4 is 10.2 Å². The first-order valence-corrected chi connectivity index (χ1v) is 7.01. The first kappa shape index (κ1) is 17.0. The molecule has 1 fully saturated rings. The molecule has 0 saturated carbocycles. The second-order valence-electron chi connectivity index (χ2n) is 5.15. The molecule has 0 aromatic rings. The van der Waals surface area contributed by atoms with E-state index in [4.69, 9.17) is 0 Å². The van der Waals surface area contributed by atoms with Gasteiger partial charge in [-0.25, -0.2) is 4.79 Å². The second-order valence-corrected chi connectivity index (χ2v) is 5.15. The number of imide groups is 2. The van der Waals surface area contributed by atoms with Gasteiger partial charge in [0.1, 0.15) is 0 Å². The highest BCUT2D eigenvalue weighted by atomic mass is 16.2. The van der Waals surface area contributed by atoms with Gasteiger partial charge in [-0.3, -0.25) is 24.8 Å². The molecule has 1 unspecified atom stereocenters. The molecule has 0 spiro atoms. The van der Waals surface area contributed by atoms with Crippen LogP contribution in [0.25, 0.3) is 0 Å². The summed E-state index contributed by atoms with van der Waals surface area (Å²) < 4.78 is 0. The molecule has 21 heavy (non-hydrogen) atoms. The van der Waals surface area contributed by atoms with Crippen molar-refractivity contribution in [3.63, 3.8) is 0 Å². The lowest BCUT2D eigenvalue weighted by atomic mass is 9.96. The van der Waals surface area contributed by atoms with Crippen LogP contribution in [0.4, 0.5) is 4.79 Å². The SMILES string of the molecule is C=CCN1C(=O)NC(=O)C(C(CC)=NCC[NH+](C)C)C1=O. The van der Waals surface area contributed by atoms with E-state index in [1.54, 1.807) is 0 Å². The number of rotatable bonds is 7. The van der Waals surface area contributed by atoms with Crippen LogP contribution in [0.5, 0.6) is 0 Å². The summed E-state index contributed by atoms with van der Waals surface area (Å²) in [5.74, 6) is -2.13. The Morgan fingerprint density at radius 2 is 2.10 bits per heavy atom. The molecular formula is C14H23N4O3+. The molecule has 0 aromatic heterocycles. The fourth-order valence-corrected chi connectivity index (χ4v) is 2.04. The fraction of sp³-hybridized carbons (Fsp3) is 0.571. The summed E-state index contributed by atoms with van der Waals surface area (Å²) in [6.07, 6.45) is 1.94. The number of nitrogens with zero attached hydrogens (tertiary/aromatic N) is 2. The molecule has 7 nitrogen and oxygen atoms in total. The predicted octanol–water partition coefficient (Wildman–Crippen LogP) is -1.14. The first-order chi connectivity index (χ1) is 9.92. The molecule has 4 amide bonds. The Morgan fingerprint density at radius 1 is 1.43 bits per heavy atom. The van der Waals surface area contributed by atoms with E-state index in [0.29, 0.717) is 18.7 Å². The van der Waals surface area contributed by atoms with Gasteiger partial charge in [-0.05, 0) is 6.42 Å². The minimum atomic E-state index is -1.01. The van der Waals surface area contributed by atoms with E-state index in [2.05, 4.69) is 16.9 Å². The number of urea groups is 1. The summed E-state index contributed by atoms with van der Waals surface area (Å²) in [6, 6.07) is -0.700. The molecule has 0 aromatic carbocycles. The minimum absolute atomic E-state index is 0.0767. The molecule has 1 heterocycles. The van der Waals surface area contributed by atoms with Crippen molar-refractivity contribution in [3.05, 3.63) is 12.7 Å². The van der Waals surface area contributed by atoms with E-state index in [1.807, 2.05) is 21.0 Å². The molecule has 1 aliphatic rings. The van der Waals surface area contributed by atoms with Crippen LogP contribution in [-0.4, -0.2) is 62.2 Å². The van der Waals surface area contributed by atoms with Crippen molar-refractivity contribution < 1.29 is 19.3 Å². The highest BCUT2D eigenvalue weighted by Gasteiger charge is 2.42. The second kappa shape index (κ2) is 7.68. The number of nitrogens with one attached hydrogen (secondary N) is 2. The number of quaternary nitrogens is 1. The van der Waals surface area contributed by atoms with Gasteiger partial charge in [-0.1, -0.05) is 13.0 Å². The number of likely N-dealkylation sites (N-methyl/N-ethyl adjacent to an activating group) is 1. The summed E-state index contributed by atoms with van der Waals surface area (Å²) in [5.41, 5.74) is 0.514. The Balaban J connectivity index is 2.95. The summed E-state index contributed by atoms with van der Waals surface area (Å²) >= 11 is 0. The number of hydrogen-bond acceptors (Lipinski definition) is 4. The lowest BCUT2D eigenvalue weighted by Gasteiger charge is -2.29. The van der Waals surface area contributed by atoms with Gasteiger partial charge in [-0.2, -0.15) is 0 Å². The monoisotopic (exact) mass is 295 g/mol. The zero-order chi connectivity index (χ0) is 16.0. The maximum absolute atomic E-state index is 12.3. The standard InChI is InChI=1S/C14H22N4O3/c1-5-8-18-13(20)11(12(19)16-14(18)21)10(6-2)15-7-9-17(3)4/h5,11H,1,6-9H2,2-4H3,(H,16,19,21)/p+1. The van der Waals surface area contributed by atoms with Gasteiger partial charge in [0.25, 0.3) is 0 Å². The van der Waals surface area contributed by atoms with Gasteiger partial charge < -0.3 is 4.90 Å². The normalized spacial score (nSPS) is 20.0. The third-order valence-electron chi connectivity index (χ3n) is 3.18. The van der Waals surface area contributed by atoms with Crippen molar-refractivity contribution in [2.24, 2.45) is 10.9 Å². The third-order valence-corrected chi connectivity index (χ3v) is 3.18. The average Bonchev–Trinajstić information content (AvgIpc) is 2.41. The van der Waals surface area contributed by atoms with Crippen LogP contribution in [0, 0.1) is 5.92 Å². The van der Waals surface area contributed by atoms with E-state index in [9.17, 15) is 14.4 Å². The molecule has 116 valence electrons. The Bertz CT molecular complexity index is 471. The van der Waals surface area contributed by atoms with Crippen molar-refractivity contribution in [3.8, 4) is 0 Å². The largest absolute Gasteiger partial charge is 0.338 e. The molecule has 1 atom stereocenters. The molecular weight excluding hydrogens is 272 g/mol. The Kier molecular flexibility index (Phi) is 6.23. The van der Waals surface area contributed by atoms with Crippen LogP contribution in [0.2, 0.25) is 0 Å². The van der Waals surface area contributed by atoms with E-state index in [-0.39, 0.29) is 6.54 Å². The van der Waals surface area contributed by atoms with Gasteiger partial charge in [0.2, 0.25) is 11.8 Å². The molecule has 1 rings (SSSR count). The van der Waals surface area contributed by atoms with Gasteiger partial charge in [0.05, 0.1) is 27.2 Å². The van der Waals surface area contributed by atoms with E-state index in [0.717, 1.165) is 11.4 Å². The number of aliphatic imine (C=N–C) groups is 1. The summed E-state index contributed by atoms with van der Waals surface area (Å²) in [6.45, 7) is 6.78. The van der Waals surface area contributed by atoms with E-state index < -0.39 is 23.8 Å². The zero-order valence-corrected chi connectivity index (χ0v) is 12.8. The smallest absolute Gasteiger partial charge is 0.331 e. The molecule has 2 N–H and O–H groups in total. The van der Waals surface area contributed by atoms with Gasteiger partial charge in [-0.15, -0.1) is 6.58 Å². The fourth-order valence-electron chi connectivity index (χ4n) is 2.04. The first-order valence-electron chi connectivity index (χ1n) is 7.01. The van der Waals surface area contributed by atoms with Crippen molar-refractivity contribution in [1.82, 2.24) is 10.2 Å². The Hall–Kier alpha value is -2.02. The average molecular weight is 295 g/mol. The maximum atomic E-state index is 12.3. The van der Waals surface area contributed by atoms with Crippen molar-refractivity contribution in [1.29, 1.82) is 0 Å². The highest BCUT2D eigenvalue weighted by molar-refractivity contribution is 6.27. The molecule has 0 aliphatic carbocycles. The topological polar surface area (TPSA) is 83.3 Å². The number of carbonyl (C=O) groups excluding carboxylic acids is 3. The van der Waals surface area contributed by atoms with Gasteiger partial charge in [0.15, 0.2) is 5.92 Å². The van der Waals surface area contributed by atoms with Crippen LogP contribution in [0.15, 0.2) is 17.6 Å². The lowest BCUT2D eigenvalue weighted by molar-refractivity contribution is -0.856. The zero-order valence-electron chi connectivity index (χ0n) is 12.8. The van der Waals surface area contributed by atoms with Gasteiger partial charge in [0, 0.05) is 12.3 Å². The predicted molar refractivity (Wildman–Crippen MR) is 79.2 cm³/mol. The number of hydrogen-bond donors (Lipinski definition) is 2. The highest BCUT2D eigenvalue weighted by Crippen LogP contribution is 2.14. The Labute approximate surface area is 124 Å². The summed E-state index contributed by atoms with van der Waals surface area (Å²) in [7, 11) is 4.01. The molecule has 1 aliphatic heterocycles. The lowest BCUT2D eigenvalue weighted by Crippen LogP contribution is -3.06. The summed E-state index contributed by atoms with van der Waals surface area (Å²) in [4.78, 5) is 42.6. The Morgan fingerprint density at radius 3 is 2.62 bits per heavy atom. The van der Waals surface area contributed by atoms with Gasteiger partial charge >= 0.3 is 6.03 Å². The molecule has 7 heteroatoms. The van der Waals surface area contributed by atoms with Crippen LogP contribution >= 0.6 is 0 Å². The van der Waals surface area contributed by atoms with Crippen molar-refractivity contribution in [2.45, 2.75) is 13.3 Å². The maximum Gasteiger partial charge on any atom is 0.331 e. The van der Waals surface area contributed by atoms with Crippen molar-refractivity contribution >= 4 is 23.6 Å². The number of amides is 4. The summed E-state index contributed by atoms with van der Waals surface area (Å²) in [5, 5.41) is 2.20. The minimum Gasteiger partial charge on any atom is -0.338 e. The van der Waals surface area contributed by atoms with E-state index in [1.165, 1.54) is 11.0 Å². The quantitative estimate of drug-likeness (QED) is 0.354. The van der Waals surface area contributed by atoms with E-state index >= 15 is 0 Å². The van der Waals surface area contributed by atoms with Crippen molar-refractivity contribution in [2.75, 3.05) is 33.7 Å². The van der Waals surface area contributed by atoms with Crippen LogP contribution in [0.3, 0.4) is 0 Å². The molecule has 1 saturated heterocycles. The molecule has 0 radical (unpaired) electrons. The third kappa shape index (κ3) is 4.22. The van der Waals surface area contributed by atoms with Crippen LogP contribution in [0.1, 0.15) is 13.3 Å². The van der Waals surface area contributed by atoms with Crippen LogP contribution in [-0.2, 0) is 9.59 Å². The number of carbonyl (C=O) groups is 3.